The van der Waals surface area contributed by atoms with Crippen molar-refractivity contribution in [1.82, 2.24) is 24.4 Å². The molecule has 7 heteroatoms. The van der Waals surface area contributed by atoms with E-state index in [-0.39, 0.29) is 11.3 Å². The number of imidazole rings is 1. The number of nitrogens with zero attached hydrogens (tertiary/aromatic N) is 5. The number of rotatable bonds is 7. The molecule has 1 N–H and O–H groups in total. The molecular formula is C16H27ClN6. The van der Waals surface area contributed by atoms with Crippen LogP contribution in [0.25, 0.3) is 11.2 Å². The van der Waals surface area contributed by atoms with Gasteiger partial charge in [-0.3, -0.25) is 4.90 Å². The average molecular weight is 339 g/mol. The summed E-state index contributed by atoms with van der Waals surface area (Å²) >= 11 is 6.09. The van der Waals surface area contributed by atoms with Crippen molar-refractivity contribution in [3.8, 4) is 0 Å². The highest BCUT2D eigenvalue weighted by Crippen LogP contribution is 2.23. The van der Waals surface area contributed by atoms with E-state index in [1.54, 1.807) is 6.33 Å². The largest absolute Gasteiger partial charge is 0.367 e. The van der Waals surface area contributed by atoms with Gasteiger partial charge in [0.1, 0.15) is 0 Å². The van der Waals surface area contributed by atoms with E-state index in [4.69, 9.17) is 11.6 Å². The standard InChI is InChI=1S/C16H27ClN6/c1-10(2)22(11(3)4)8-7-18-14-13-15(21-16(17)20-14)23(9-19-13)12(5)6/h9-12H,7-8H2,1-6H3,(H,18,20,21). The van der Waals surface area contributed by atoms with Crippen molar-refractivity contribution in [2.24, 2.45) is 0 Å². The Morgan fingerprint density at radius 1 is 1.13 bits per heavy atom. The van der Waals surface area contributed by atoms with Crippen LogP contribution in [0.3, 0.4) is 0 Å². The Balaban J connectivity index is 2.17. The first-order valence-corrected chi connectivity index (χ1v) is 8.58. The van der Waals surface area contributed by atoms with Gasteiger partial charge >= 0.3 is 0 Å². The van der Waals surface area contributed by atoms with E-state index in [1.807, 2.05) is 4.57 Å². The van der Waals surface area contributed by atoms with Gasteiger partial charge in [0.25, 0.3) is 0 Å². The van der Waals surface area contributed by atoms with Gasteiger partial charge in [-0.1, -0.05) is 0 Å². The first-order valence-electron chi connectivity index (χ1n) is 8.21. The van der Waals surface area contributed by atoms with Crippen LogP contribution in [0.1, 0.15) is 47.6 Å². The number of fused-ring (bicyclic) bond motifs is 1. The van der Waals surface area contributed by atoms with Crippen molar-refractivity contribution in [1.29, 1.82) is 0 Å². The SMILES string of the molecule is CC(C)N(CCNc1nc(Cl)nc2c1ncn2C(C)C)C(C)C. The molecule has 0 radical (unpaired) electrons. The zero-order valence-corrected chi connectivity index (χ0v) is 15.6. The first-order chi connectivity index (χ1) is 10.8. The number of hydrogen-bond donors (Lipinski definition) is 1. The molecule has 0 aromatic carbocycles. The lowest BCUT2D eigenvalue weighted by Gasteiger charge is -2.30. The summed E-state index contributed by atoms with van der Waals surface area (Å²) in [6, 6.07) is 1.29. The molecule has 0 saturated heterocycles. The summed E-state index contributed by atoms with van der Waals surface area (Å²) in [6.07, 6.45) is 1.79. The molecule has 0 aliphatic heterocycles. The lowest BCUT2D eigenvalue weighted by molar-refractivity contribution is 0.182. The molecule has 2 rings (SSSR count). The molecule has 0 saturated carbocycles. The molecule has 2 aromatic rings. The molecule has 0 amide bonds. The molecule has 0 spiro atoms. The third-order valence-electron chi connectivity index (χ3n) is 3.94. The van der Waals surface area contributed by atoms with Crippen molar-refractivity contribution in [2.45, 2.75) is 59.7 Å². The second kappa shape index (κ2) is 7.45. The molecule has 23 heavy (non-hydrogen) atoms. The fourth-order valence-electron chi connectivity index (χ4n) is 2.81. The minimum Gasteiger partial charge on any atom is -0.367 e. The smallest absolute Gasteiger partial charge is 0.226 e. The van der Waals surface area contributed by atoms with Crippen molar-refractivity contribution in [3.63, 3.8) is 0 Å². The van der Waals surface area contributed by atoms with E-state index >= 15 is 0 Å². The summed E-state index contributed by atoms with van der Waals surface area (Å²) in [5.41, 5.74) is 1.54. The van der Waals surface area contributed by atoms with Gasteiger partial charge in [-0.15, -0.1) is 0 Å². The fourth-order valence-corrected chi connectivity index (χ4v) is 2.97. The molecule has 2 heterocycles. The second-order valence-electron chi connectivity index (χ2n) is 6.61. The van der Waals surface area contributed by atoms with E-state index in [0.29, 0.717) is 17.9 Å². The van der Waals surface area contributed by atoms with Crippen LogP contribution < -0.4 is 5.32 Å². The minimum absolute atomic E-state index is 0.243. The quantitative estimate of drug-likeness (QED) is 0.782. The summed E-state index contributed by atoms with van der Waals surface area (Å²) in [7, 11) is 0. The lowest BCUT2D eigenvalue weighted by Crippen LogP contribution is -2.40. The van der Waals surface area contributed by atoms with Gasteiger partial charge in [-0.25, -0.2) is 4.98 Å². The van der Waals surface area contributed by atoms with Crippen LogP contribution in [0.15, 0.2) is 6.33 Å². The average Bonchev–Trinajstić information content (AvgIpc) is 2.86. The van der Waals surface area contributed by atoms with Gasteiger partial charge in [-0.05, 0) is 53.1 Å². The maximum absolute atomic E-state index is 6.09. The Hall–Kier alpha value is -1.40. The molecule has 0 fully saturated rings. The second-order valence-corrected chi connectivity index (χ2v) is 6.95. The van der Waals surface area contributed by atoms with Crippen LogP contribution in [0.2, 0.25) is 5.28 Å². The number of aromatic nitrogens is 4. The van der Waals surface area contributed by atoms with E-state index in [9.17, 15) is 0 Å². The lowest BCUT2D eigenvalue weighted by atomic mass is 10.2. The Labute approximate surface area is 143 Å². The first kappa shape index (κ1) is 17.9. The fraction of sp³-hybridized carbons (Fsp3) is 0.688. The highest BCUT2D eigenvalue weighted by atomic mass is 35.5. The Bertz CT molecular complexity index is 641. The van der Waals surface area contributed by atoms with Crippen molar-refractivity contribution in [2.75, 3.05) is 18.4 Å². The Morgan fingerprint density at radius 2 is 1.78 bits per heavy atom. The number of nitrogens with one attached hydrogen (secondary N) is 1. The third kappa shape index (κ3) is 4.12. The Kier molecular flexibility index (Phi) is 5.81. The predicted octanol–water partition coefficient (Wildman–Crippen LogP) is 3.59. The van der Waals surface area contributed by atoms with Crippen LogP contribution in [-0.4, -0.2) is 49.6 Å². The van der Waals surface area contributed by atoms with Crippen molar-refractivity contribution < 1.29 is 0 Å². The van der Waals surface area contributed by atoms with Gasteiger partial charge in [0.15, 0.2) is 17.0 Å². The van der Waals surface area contributed by atoms with Crippen molar-refractivity contribution >= 4 is 28.6 Å². The highest BCUT2D eigenvalue weighted by Gasteiger charge is 2.16. The number of anilines is 1. The number of halogens is 1. The van der Waals surface area contributed by atoms with E-state index in [0.717, 1.165) is 24.3 Å². The molecule has 128 valence electrons. The summed E-state index contributed by atoms with van der Waals surface area (Å²) < 4.78 is 2.00. The molecule has 2 aromatic heterocycles. The molecule has 0 bridgehead atoms. The van der Waals surface area contributed by atoms with Gasteiger partial charge in [0.05, 0.1) is 6.33 Å². The van der Waals surface area contributed by atoms with E-state index < -0.39 is 0 Å². The van der Waals surface area contributed by atoms with Gasteiger partial charge in [0.2, 0.25) is 5.28 Å². The zero-order valence-electron chi connectivity index (χ0n) is 14.8. The normalized spacial score (nSPS) is 12.3. The van der Waals surface area contributed by atoms with Crippen LogP contribution in [-0.2, 0) is 0 Å². The summed E-state index contributed by atoms with van der Waals surface area (Å²) in [6.45, 7) is 14.7. The maximum Gasteiger partial charge on any atom is 0.226 e. The minimum atomic E-state index is 0.243. The zero-order chi connectivity index (χ0) is 17.1. The van der Waals surface area contributed by atoms with Crippen LogP contribution in [0.4, 0.5) is 5.82 Å². The molecule has 0 aliphatic rings. The van der Waals surface area contributed by atoms with Crippen LogP contribution in [0.5, 0.6) is 0 Å². The van der Waals surface area contributed by atoms with Gasteiger partial charge in [0, 0.05) is 31.2 Å². The predicted molar refractivity (Wildman–Crippen MR) is 96.2 cm³/mol. The molecule has 0 atom stereocenters. The Morgan fingerprint density at radius 3 is 2.35 bits per heavy atom. The molecule has 0 aliphatic carbocycles. The van der Waals surface area contributed by atoms with Gasteiger partial charge in [-0.2, -0.15) is 9.97 Å². The van der Waals surface area contributed by atoms with E-state index in [2.05, 4.69) is 66.7 Å². The summed E-state index contributed by atoms with van der Waals surface area (Å²) in [5, 5.41) is 3.61. The van der Waals surface area contributed by atoms with E-state index in [1.165, 1.54) is 0 Å². The monoisotopic (exact) mass is 338 g/mol. The highest BCUT2D eigenvalue weighted by molar-refractivity contribution is 6.28. The molecule has 0 unspecified atom stereocenters. The number of hydrogen-bond acceptors (Lipinski definition) is 5. The van der Waals surface area contributed by atoms with Crippen LogP contribution >= 0.6 is 11.6 Å². The van der Waals surface area contributed by atoms with Gasteiger partial charge < -0.3 is 9.88 Å². The van der Waals surface area contributed by atoms with Crippen LogP contribution in [0, 0.1) is 0 Å². The summed E-state index contributed by atoms with van der Waals surface area (Å²) in [4.78, 5) is 15.5. The molecule has 6 nitrogen and oxygen atoms in total. The topological polar surface area (TPSA) is 58.9 Å². The van der Waals surface area contributed by atoms with Crippen molar-refractivity contribution in [3.05, 3.63) is 11.6 Å². The maximum atomic E-state index is 6.09. The molecular weight excluding hydrogens is 312 g/mol. The summed E-state index contributed by atoms with van der Waals surface area (Å²) in [5.74, 6) is 0.701. The third-order valence-corrected chi connectivity index (χ3v) is 4.11.